The van der Waals surface area contributed by atoms with Crippen LogP contribution in [0, 0.1) is 0 Å². The van der Waals surface area contributed by atoms with E-state index in [1.807, 2.05) is 0 Å². The van der Waals surface area contributed by atoms with Crippen molar-refractivity contribution in [3.8, 4) is 0 Å². The fourth-order valence-electron chi connectivity index (χ4n) is 1.28. The van der Waals surface area contributed by atoms with E-state index in [1.54, 1.807) is 30.3 Å². The van der Waals surface area contributed by atoms with Crippen molar-refractivity contribution in [3.05, 3.63) is 42.5 Å². The molecule has 82 valence electrons. The highest BCUT2D eigenvalue weighted by Gasteiger charge is 2.08. The van der Waals surface area contributed by atoms with Gasteiger partial charge in [-0.3, -0.25) is 0 Å². The van der Waals surface area contributed by atoms with Gasteiger partial charge in [-0.05, 0) is 24.1 Å². The lowest BCUT2D eigenvalue weighted by Crippen LogP contribution is -2.09. The predicted molar refractivity (Wildman–Crippen MR) is 61.3 cm³/mol. The van der Waals surface area contributed by atoms with Gasteiger partial charge in [0.1, 0.15) is 0 Å². The molecule has 0 aliphatic rings. The summed E-state index contributed by atoms with van der Waals surface area (Å²) in [5, 5.41) is 0. The molecule has 0 radical (unpaired) electrons. The molecule has 1 aromatic rings. The van der Waals surface area contributed by atoms with Crippen LogP contribution in [0.1, 0.15) is 18.0 Å². The van der Waals surface area contributed by atoms with Gasteiger partial charge in [-0.2, -0.15) is 0 Å². The Balaban J connectivity index is 2.95. The number of benzene rings is 1. The highest BCUT2D eigenvalue weighted by Crippen LogP contribution is 2.17. The van der Waals surface area contributed by atoms with Gasteiger partial charge in [-0.1, -0.05) is 18.2 Å². The lowest BCUT2D eigenvalue weighted by atomic mass is 10.1. The summed E-state index contributed by atoms with van der Waals surface area (Å²) in [5.74, 6) is 0. The molecule has 3 nitrogen and oxygen atoms in total. The minimum absolute atomic E-state index is 0.115. The Bertz CT molecular complexity index is 434. The zero-order valence-corrected chi connectivity index (χ0v) is 9.50. The molecule has 2 N–H and O–H groups in total. The second-order valence-corrected chi connectivity index (χ2v) is 5.49. The van der Waals surface area contributed by atoms with Gasteiger partial charge in [0.2, 0.25) is 0 Å². The molecular weight excluding hydrogens is 210 g/mol. The molecule has 0 aliphatic heterocycles. The zero-order valence-electron chi connectivity index (χ0n) is 8.68. The molecule has 0 aromatic heterocycles. The number of hydrogen-bond donors (Lipinski definition) is 1. The molecule has 4 heteroatoms. The van der Waals surface area contributed by atoms with Crippen LogP contribution in [0.25, 0.3) is 0 Å². The molecule has 1 atom stereocenters. The van der Waals surface area contributed by atoms with E-state index in [9.17, 15) is 8.42 Å². The van der Waals surface area contributed by atoms with E-state index in [1.165, 1.54) is 6.26 Å². The normalized spacial score (nSPS) is 13.5. The Hall–Kier alpha value is -1.13. The third-order valence-corrected chi connectivity index (χ3v) is 3.29. The lowest BCUT2D eigenvalue weighted by Gasteiger charge is -2.09. The molecule has 15 heavy (non-hydrogen) atoms. The van der Waals surface area contributed by atoms with E-state index in [-0.39, 0.29) is 6.04 Å². The Kier molecular flexibility index (Phi) is 3.66. The topological polar surface area (TPSA) is 60.2 Å². The van der Waals surface area contributed by atoms with Crippen LogP contribution in [0.5, 0.6) is 0 Å². The molecular formula is C11H15NO2S. The summed E-state index contributed by atoms with van der Waals surface area (Å²) < 4.78 is 22.4. The molecule has 0 heterocycles. The van der Waals surface area contributed by atoms with Crippen molar-refractivity contribution < 1.29 is 8.42 Å². The van der Waals surface area contributed by atoms with Crippen molar-refractivity contribution in [3.63, 3.8) is 0 Å². The van der Waals surface area contributed by atoms with Crippen LogP contribution in [-0.4, -0.2) is 14.7 Å². The highest BCUT2D eigenvalue weighted by molar-refractivity contribution is 7.90. The summed E-state index contributed by atoms with van der Waals surface area (Å²) in [4.78, 5) is 0.317. The molecule has 0 amide bonds. The third kappa shape index (κ3) is 3.18. The fourth-order valence-corrected chi connectivity index (χ4v) is 1.91. The third-order valence-electron chi connectivity index (χ3n) is 2.16. The lowest BCUT2D eigenvalue weighted by molar-refractivity contribution is 0.601. The van der Waals surface area contributed by atoms with Crippen molar-refractivity contribution >= 4 is 9.84 Å². The first-order chi connectivity index (χ1) is 6.95. The van der Waals surface area contributed by atoms with Crippen molar-refractivity contribution in [2.75, 3.05) is 6.26 Å². The van der Waals surface area contributed by atoms with E-state index >= 15 is 0 Å². The fraction of sp³-hybridized carbons (Fsp3) is 0.273. The average molecular weight is 225 g/mol. The second kappa shape index (κ2) is 4.59. The Morgan fingerprint density at radius 1 is 1.40 bits per heavy atom. The van der Waals surface area contributed by atoms with Crippen LogP contribution in [0.3, 0.4) is 0 Å². The van der Waals surface area contributed by atoms with Gasteiger partial charge in [0.05, 0.1) is 4.90 Å². The van der Waals surface area contributed by atoms with Gasteiger partial charge >= 0.3 is 0 Å². The monoisotopic (exact) mass is 225 g/mol. The maximum Gasteiger partial charge on any atom is 0.175 e. The first-order valence-electron chi connectivity index (χ1n) is 4.61. The van der Waals surface area contributed by atoms with Crippen LogP contribution in [0.2, 0.25) is 0 Å². The van der Waals surface area contributed by atoms with Gasteiger partial charge in [-0.25, -0.2) is 8.42 Å². The molecule has 0 spiro atoms. The van der Waals surface area contributed by atoms with Crippen LogP contribution >= 0.6 is 0 Å². The van der Waals surface area contributed by atoms with Gasteiger partial charge in [0.25, 0.3) is 0 Å². The number of nitrogens with two attached hydrogens (primary N) is 1. The molecule has 1 rings (SSSR count). The summed E-state index contributed by atoms with van der Waals surface area (Å²) in [6.07, 6.45) is 3.61. The van der Waals surface area contributed by atoms with Gasteiger partial charge < -0.3 is 5.73 Å². The molecule has 1 unspecified atom stereocenters. The Labute approximate surface area is 90.5 Å². The maximum atomic E-state index is 11.2. The quantitative estimate of drug-likeness (QED) is 0.793. The summed E-state index contributed by atoms with van der Waals surface area (Å²) >= 11 is 0. The maximum absolute atomic E-state index is 11.2. The minimum Gasteiger partial charge on any atom is -0.324 e. The summed E-state index contributed by atoms with van der Waals surface area (Å²) in [6.45, 7) is 3.61. The van der Waals surface area contributed by atoms with Crippen LogP contribution in [0.4, 0.5) is 0 Å². The highest BCUT2D eigenvalue weighted by atomic mass is 32.2. The van der Waals surface area contributed by atoms with E-state index < -0.39 is 9.84 Å². The van der Waals surface area contributed by atoms with E-state index in [4.69, 9.17) is 5.73 Å². The average Bonchev–Trinajstić information content (AvgIpc) is 2.17. The van der Waals surface area contributed by atoms with E-state index in [0.29, 0.717) is 11.3 Å². The minimum atomic E-state index is -3.12. The molecule has 0 aliphatic carbocycles. The first kappa shape index (κ1) is 11.9. The summed E-state index contributed by atoms with van der Waals surface area (Å²) in [7, 11) is -3.12. The number of rotatable bonds is 4. The molecule has 0 saturated carbocycles. The number of sulfone groups is 1. The smallest absolute Gasteiger partial charge is 0.175 e. The molecule has 1 aromatic carbocycles. The molecule has 0 fully saturated rings. The first-order valence-corrected chi connectivity index (χ1v) is 6.51. The second-order valence-electron chi connectivity index (χ2n) is 3.47. The van der Waals surface area contributed by atoms with Gasteiger partial charge in [0.15, 0.2) is 9.84 Å². The van der Waals surface area contributed by atoms with Crippen LogP contribution < -0.4 is 5.73 Å². The van der Waals surface area contributed by atoms with E-state index in [0.717, 1.165) is 5.56 Å². The summed E-state index contributed by atoms with van der Waals surface area (Å²) in [5.41, 5.74) is 6.76. The molecule has 0 saturated heterocycles. The zero-order chi connectivity index (χ0) is 11.5. The Morgan fingerprint density at radius 2 is 1.93 bits per heavy atom. The molecule has 0 bridgehead atoms. The van der Waals surface area contributed by atoms with Crippen LogP contribution in [-0.2, 0) is 9.84 Å². The van der Waals surface area contributed by atoms with Crippen molar-refractivity contribution in [1.29, 1.82) is 0 Å². The largest absolute Gasteiger partial charge is 0.324 e. The number of hydrogen-bond acceptors (Lipinski definition) is 3. The van der Waals surface area contributed by atoms with Crippen LogP contribution in [0.15, 0.2) is 41.8 Å². The SMILES string of the molecule is C=CCC(N)c1ccc(S(C)(=O)=O)cc1. The standard InChI is InChI=1S/C11H15NO2S/c1-3-4-11(12)9-5-7-10(8-6-9)15(2,13)14/h3,5-8,11H,1,4,12H2,2H3. The predicted octanol–water partition coefficient (Wildman–Crippen LogP) is 1.67. The van der Waals surface area contributed by atoms with Crippen molar-refractivity contribution in [2.45, 2.75) is 17.4 Å². The van der Waals surface area contributed by atoms with Gasteiger partial charge in [0, 0.05) is 12.3 Å². The van der Waals surface area contributed by atoms with Gasteiger partial charge in [-0.15, -0.1) is 6.58 Å². The summed E-state index contributed by atoms with van der Waals surface area (Å²) in [6, 6.07) is 6.52. The van der Waals surface area contributed by atoms with Crippen molar-refractivity contribution in [1.82, 2.24) is 0 Å². The van der Waals surface area contributed by atoms with E-state index in [2.05, 4.69) is 6.58 Å². The Morgan fingerprint density at radius 3 is 2.33 bits per heavy atom. The van der Waals surface area contributed by atoms with Crippen molar-refractivity contribution in [2.24, 2.45) is 5.73 Å².